The van der Waals surface area contributed by atoms with Crippen molar-refractivity contribution >= 4 is 21.8 Å². The fraction of sp³-hybridized carbons (Fsp3) is 0.316. The molecule has 0 unspecified atom stereocenters. The van der Waals surface area contributed by atoms with Gasteiger partial charge in [0.1, 0.15) is 0 Å². The average Bonchev–Trinajstić information content (AvgIpc) is 2.60. The average molecular weight is 392 g/mol. The van der Waals surface area contributed by atoms with Gasteiger partial charge in [-0.05, 0) is 47.0 Å². The lowest BCUT2D eigenvalue weighted by molar-refractivity contribution is 0.0950. The van der Waals surface area contributed by atoms with Crippen LogP contribution in [0.5, 0.6) is 11.5 Å². The maximum Gasteiger partial charge on any atom is 0.251 e. The zero-order chi connectivity index (χ0) is 17.4. The number of nitrogens with one attached hydrogen (secondary N) is 1. The maximum atomic E-state index is 12.4. The summed E-state index contributed by atoms with van der Waals surface area (Å²) in [6.45, 7) is 5.52. The molecule has 2 aromatic rings. The monoisotopic (exact) mass is 391 g/mol. The van der Waals surface area contributed by atoms with Gasteiger partial charge in [0.25, 0.3) is 5.91 Å². The van der Waals surface area contributed by atoms with E-state index in [4.69, 9.17) is 9.47 Å². The molecule has 2 rings (SSSR count). The highest BCUT2D eigenvalue weighted by molar-refractivity contribution is 9.10. The van der Waals surface area contributed by atoms with Crippen molar-refractivity contribution in [1.29, 1.82) is 0 Å². The van der Waals surface area contributed by atoms with E-state index >= 15 is 0 Å². The molecule has 0 radical (unpaired) electrons. The molecule has 24 heavy (non-hydrogen) atoms. The quantitative estimate of drug-likeness (QED) is 0.716. The van der Waals surface area contributed by atoms with Crippen molar-refractivity contribution in [2.75, 3.05) is 13.2 Å². The molecule has 1 N–H and O–H groups in total. The third-order valence-corrected chi connectivity index (χ3v) is 3.91. The summed E-state index contributed by atoms with van der Waals surface area (Å²) in [7, 11) is 0. The molecule has 0 saturated carbocycles. The van der Waals surface area contributed by atoms with Gasteiger partial charge in [-0.3, -0.25) is 4.79 Å². The molecular weight excluding hydrogens is 370 g/mol. The van der Waals surface area contributed by atoms with Crippen LogP contribution in [0, 0.1) is 0 Å². The molecule has 0 aliphatic carbocycles. The number of hydrogen-bond acceptors (Lipinski definition) is 3. The largest absolute Gasteiger partial charge is 0.490 e. The SMILES string of the molecule is CCCOc1c(Br)cc(C(=O)NCc2ccccc2)cc1OCC. The van der Waals surface area contributed by atoms with Crippen molar-refractivity contribution < 1.29 is 14.3 Å². The Labute approximate surface area is 151 Å². The van der Waals surface area contributed by atoms with Gasteiger partial charge < -0.3 is 14.8 Å². The third-order valence-electron chi connectivity index (χ3n) is 3.32. The smallest absolute Gasteiger partial charge is 0.251 e. The summed E-state index contributed by atoms with van der Waals surface area (Å²) in [5, 5.41) is 2.92. The van der Waals surface area contributed by atoms with Crippen LogP contribution < -0.4 is 14.8 Å². The molecule has 0 aliphatic heterocycles. The number of ether oxygens (including phenoxy) is 2. The van der Waals surface area contributed by atoms with Gasteiger partial charge in [0.05, 0.1) is 17.7 Å². The Hall–Kier alpha value is -2.01. The van der Waals surface area contributed by atoms with Gasteiger partial charge in [-0.2, -0.15) is 0 Å². The first-order chi connectivity index (χ1) is 11.7. The minimum atomic E-state index is -0.150. The van der Waals surface area contributed by atoms with E-state index in [0.717, 1.165) is 12.0 Å². The summed E-state index contributed by atoms with van der Waals surface area (Å²) in [6.07, 6.45) is 0.900. The molecule has 0 atom stereocenters. The van der Waals surface area contributed by atoms with E-state index in [0.29, 0.717) is 41.3 Å². The summed E-state index contributed by atoms with van der Waals surface area (Å²) in [4.78, 5) is 12.4. The fourth-order valence-electron chi connectivity index (χ4n) is 2.19. The second-order valence-corrected chi connectivity index (χ2v) is 6.09. The number of rotatable bonds is 8. The van der Waals surface area contributed by atoms with Crippen molar-refractivity contribution in [3.8, 4) is 11.5 Å². The van der Waals surface area contributed by atoms with Crippen LogP contribution in [0.4, 0.5) is 0 Å². The lowest BCUT2D eigenvalue weighted by Crippen LogP contribution is -2.23. The van der Waals surface area contributed by atoms with Crippen molar-refractivity contribution in [2.24, 2.45) is 0 Å². The molecule has 5 heteroatoms. The van der Waals surface area contributed by atoms with Crippen LogP contribution in [0.3, 0.4) is 0 Å². The Morgan fingerprint density at radius 1 is 1.12 bits per heavy atom. The van der Waals surface area contributed by atoms with Crippen LogP contribution in [0.15, 0.2) is 46.9 Å². The molecule has 128 valence electrons. The summed E-state index contributed by atoms with van der Waals surface area (Å²) < 4.78 is 12.1. The zero-order valence-corrected chi connectivity index (χ0v) is 15.6. The predicted molar refractivity (Wildman–Crippen MR) is 98.7 cm³/mol. The number of hydrogen-bond donors (Lipinski definition) is 1. The summed E-state index contributed by atoms with van der Waals surface area (Å²) in [5.41, 5.74) is 1.59. The van der Waals surface area contributed by atoms with Crippen LogP contribution in [-0.2, 0) is 6.54 Å². The normalized spacial score (nSPS) is 10.3. The zero-order valence-electron chi connectivity index (χ0n) is 14.0. The van der Waals surface area contributed by atoms with Gasteiger partial charge in [-0.1, -0.05) is 37.3 Å². The topological polar surface area (TPSA) is 47.6 Å². The van der Waals surface area contributed by atoms with E-state index in [-0.39, 0.29) is 5.91 Å². The molecule has 1 amide bonds. The molecule has 0 aromatic heterocycles. The van der Waals surface area contributed by atoms with Gasteiger partial charge in [0, 0.05) is 12.1 Å². The van der Waals surface area contributed by atoms with Crippen LogP contribution >= 0.6 is 15.9 Å². The van der Waals surface area contributed by atoms with Crippen molar-refractivity contribution in [2.45, 2.75) is 26.8 Å². The van der Waals surface area contributed by atoms with Gasteiger partial charge in [0.2, 0.25) is 0 Å². The highest BCUT2D eigenvalue weighted by Crippen LogP contribution is 2.37. The van der Waals surface area contributed by atoms with Crippen molar-refractivity contribution in [1.82, 2.24) is 5.32 Å². The molecule has 0 heterocycles. The summed E-state index contributed by atoms with van der Waals surface area (Å²) >= 11 is 3.48. The Bertz CT molecular complexity index is 674. The lowest BCUT2D eigenvalue weighted by Gasteiger charge is -2.15. The maximum absolute atomic E-state index is 12.4. The van der Waals surface area contributed by atoms with E-state index < -0.39 is 0 Å². The molecule has 0 spiro atoms. The first kappa shape index (κ1) is 18.3. The molecule has 0 saturated heterocycles. The number of carbonyl (C=O) groups excluding carboxylic acids is 1. The Morgan fingerprint density at radius 3 is 2.54 bits per heavy atom. The van der Waals surface area contributed by atoms with Crippen LogP contribution in [0.25, 0.3) is 0 Å². The summed E-state index contributed by atoms with van der Waals surface area (Å²) in [6, 6.07) is 13.3. The van der Waals surface area contributed by atoms with Crippen molar-refractivity contribution in [3.63, 3.8) is 0 Å². The Kier molecular flexibility index (Phi) is 7.12. The molecule has 0 bridgehead atoms. The number of carbonyl (C=O) groups is 1. The van der Waals surface area contributed by atoms with Gasteiger partial charge in [-0.25, -0.2) is 0 Å². The minimum absolute atomic E-state index is 0.150. The molecular formula is C19H22BrNO3. The van der Waals surface area contributed by atoms with Crippen LogP contribution in [0.2, 0.25) is 0 Å². The molecule has 4 nitrogen and oxygen atoms in total. The number of amides is 1. The van der Waals surface area contributed by atoms with E-state index in [9.17, 15) is 4.79 Å². The van der Waals surface area contributed by atoms with E-state index in [1.54, 1.807) is 12.1 Å². The first-order valence-corrected chi connectivity index (χ1v) is 8.86. The van der Waals surface area contributed by atoms with Gasteiger partial charge in [0.15, 0.2) is 11.5 Å². The Balaban J connectivity index is 2.15. The standard InChI is InChI=1S/C19H22BrNO3/c1-3-10-24-18-16(20)11-15(12-17(18)23-4-2)19(22)21-13-14-8-6-5-7-9-14/h5-9,11-12H,3-4,10,13H2,1-2H3,(H,21,22). The predicted octanol–water partition coefficient (Wildman–Crippen LogP) is 4.57. The third kappa shape index (κ3) is 4.99. The van der Waals surface area contributed by atoms with E-state index in [2.05, 4.69) is 21.2 Å². The van der Waals surface area contributed by atoms with Gasteiger partial charge in [-0.15, -0.1) is 0 Å². The fourth-order valence-corrected chi connectivity index (χ4v) is 2.74. The first-order valence-electron chi connectivity index (χ1n) is 8.07. The Morgan fingerprint density at radius 2 is 1.88 bits per heavy atom. The van der Waals surface area contributed by atoms with Gasteiger partial charge >= 0.3 is 0 Å². The second-order valence-electron chi connectivity index (χ2n) is 5.24. The summed E-state index contributed by atoms with van der Waals surface area (Å²) in [5.74, 6) is 1.06. The lowest BCUT2D eigenvalue weighted by atomic mass is 10.1. The van der Waals surface area contributed by atoms with Crippen LogP contribution in [0.1, 0.15) is 36.2 Å². The van der Waals surface area contributed by atoms with E-state index in [1.807, 2.05) is 44.2 Å². The molecule has 2 aromatic carbocycles. The number of halogens is 1. The van der Waals surface area contributed by atoms with Crippen molar-refractivity contribution in [3.05, 3.63) is 58.1 Å². The number of benzene rings is 2. The van der Waals surface area contributed by atoms with Crippen LogP contribution in [-0.4, -0.2) is 19.1 Å². The minimum Gasteiger partial charge on any atom is -0.490 e. The molecule has 0 fully saturated rings. The second kappa shape index (κ2) is 9.33. The molecule has 0 aliphatic rings. The highest BCUT2D eigenvalue weighted by atomic mass is 79.9. The highest BCUT2D eigenvalue weighted by Gasteiger charge is 2.16. The van der Waals surface area contributed by atoms with E-state index in [1.165, 1.54) is 0 Å².